The van der Waals surface area contributed by atoms with E-state index >= 15 is 0 Å². The van der Waals surface area contributed by atoms with E-state index in [1.54, 1.807) is 0 Å². The van der Waals surface area contributed by atoms with Gasteiger partial charge in [-0.05, 0) is 36.8 Å². The van der Waals surface area contributed by atoms with Crippen LogP contribution in [0.25, 0.3) is 0 Å². The third-order valence-corrected chi connectivity index (χ3v) is 2.96. The second-order valence-corrected chi connectivity index (χ2v) is 4.37. The van der Waals surface area contributed by atoms with E-state index in [9.17, 15) is 9.18 Å². The Balaban J connectivity index is 1.87. The predicted molar refractivity (Wildman–Crippen MR) is 58.4 cm³/mol. The summed E-state index contributed by atoms with van der Waals surface area (Å²) in [6.07, 6.45) is 2.52. The topological polar surface area (TPSA) is 42.0 Å². The highest BCUT2D eigenvalue weighted by molar-refractivity contribution is 5.92. The molecule has 1 N–H and O–H groups in total. The first-order valence-electron chi connectivity index (χ1n) is 5.57. The third-order valence-electron chi connectivity index (χ3n) is 2.96. The predicted octanol–water partition coefficient (Wildman–Crippen LogP) is 2.00. The fourth-order valence-electron chi connectivity index (χ4n) is 1.71. The minimum absolute atomic E-state index is 0.142. The maximum Gasteiger partial charge on any atom is 0.270 e. The molecule has 2 rings (SSSR count). The maximum absolute atomic E-state index is 12.8. The molecule has 1 fully saturated rings. The lowest BCUT2D eigenvalue weighted by Crippen LogP contribution is -2.29. The number of carbonyl (C=O) groups excluding carboxylic acids is 1. The Morgan fingerprint density at radius 1 is 1.62 bits per heavy atom. The van der Waals surface area contributed by atoms with Gasteiger partial charge in [0, 0.05) is 6.54 Å². The molecule has 1 aromatic rings. The number of rotatable bonds is 4. The molecule has 0 aliphatic heterocycles. The van der Waals surface area contributed by atoms with E-state index < -0.39 is 5.95 Å². The van der Waals surface area contributed by atoms with Gasteiger partial charge in [0.05, 0.1) is 0 Å². The molecular weight excluding hydrogens is 207 g/mol. The summed E-state index contributed by atoms with van der Waals surface area (Å²) in [5.41, 5.74) is 0.142. The zero-order valence-electron chi connectivity index (χ0n) is 9.24. The molecule has 16 heavy (non-hydrogen) atoms. The van der Waals surface area contributed by atoms with E-state index in [4.69, 9.17) is 0 Å². The van der Waals surface area contributed by atoms with Gasteiger partial charge in [0.25, 0.3) is 5.91 Å². The van der Waals surface area contributed by atoms with Gasteiger partial charge in [0.1, 0.15) is 5.69 Å². The number of hydrogen-bond donors (Lipinski definition) is 1. The molecule has 1 atom stereocenters. The second-order valence-electron chi connectivity index (χ2n) is 4.37. The number of pyridine rings is 1. The standard InChI is InChI=1S/C12H15FN2O/c1-8(9-5-6-9)7-14-12(16)10-3-2-4-11(13)15-10/h2-4,8-9H,5-7H2,1H3,(H,14,16). The first-order valence-corrected chi connectivity index (χ1v) is 5.57. The smallest absolute Gasteiger partial charge is 0.270 e. The van der Waals surface area contributed by atoms with E-state index in [-0.39, 0.29) is 11.6 Å². The van der Waals surface area contributed by atoms with E-state index in [0.717, 1.165) is 5.92 Å². The number of amides is 1. The van der Waals surface area contributed by atoms with Gasteiger partial charge < -0.3 is 5.32 Å². The van der Waals surface area contributed by atoms with Crippen molar-refractivity contribution in [2.75, 3.05) is 6.54 Å². The number of halogens is 1. The van der Waals surface area contributed by atoms with Crippen molar-refractivity contribution in [3.8, 4) is 0 Å². The fourth-order valence-corrected chi connectivity index (χ4v) is 1.71. The van der Waals surface area contributed by atoms with E-state index in [1.807, 2.05) is 0 Å². The Morgan fingerprint density at radius 2 is 2.38 bits per heavy atom. The van der Waals surface area contributed by atoms with Crippen LogP contribution in [0, 0.1) is 17.8 Å². The largest absolute Gasteiger partial charge is 0.350 e. The molecule has 1 heterocycles. The summed E-state index contributed by atoms with van der Waals surface area (Å²) < 4.78 is 12.8. The molecule has 1 aromatic heterocycles. The SMILES string of the molecule is CC(CNC(=O)c1cccc(F)n1)C1CC1. The van der Waals surface area contributed by atoms with Crippen LogP contribution in [0.15, 0.2) is 18.2 Å². The molecule has 0 spiro atoms. The monoisotopic (exact) mass is 222 g/mol. The van der Waals surface area contributed by atoms with Gasteiger partial charge in [-0.1, -0.05) is 13.0 Å². The summed E-state index contributed by atoms with van der Waals surface area (Å²) in [5, 5.41) is 2.78. The van der Waals surface area contributed by atoms with Crippen molar-refractivity contribution in [2.45, 2.75) is 19.8 Å². The molecule has 1 unspecified atom stereocenters. The first kappa shape index (κ1) is 11.0. The third kappa shape index (κ3) is 2.78. The molecule has 0 bridgehead atoms. The Labute approximate surface area is 94.1 Å². The van der Waals surface area contributed by atoms with Gasteiger partial charge in [-0.25, -0.2) is 4.98 Å². The van der Waals surface area contributed by atoms with Gasteiger partial charge in [-0.3, -0.25) is 4.79 Å². The lowest BCUT2D eigenvalue weighted by atomic mass is 10.1. The molecule has 3 nitrogen and oxygen atoms in total. The zero-order chi connectivity index (χ0) is 11.5. The Hall–Kier alpha value is -1.45. The van der Waals surface area contributed by atoms with Crippen molar-refractivity contribution in [1.82, 2.24) is 10.3 Å². The van der Waals surface area contributed by atoms with Gasteiger partial charge in [0.2, 0.25) is 5.95 Å². The van der Waals surface area contributed by atoms with Crippen LogP contribution >= 0.6 is 0 Å². The number of hydrogen-bond acceptors (Lipinski definition) is 2. The minimum atomic E-state index is -0.622. The molecule has 1 aliphatic rings. The van der Waals surface area contributed by atoms with E-state index in [0.29, 0.717) is 12.5 Å². The molecule has 0 saturated heterocycles. The van der Waals surface area contributed by atoms with Crippen LogP contribution in [0.3, 0.4) is 0 Å². The van der Waals surface area contributed by atoms with Gasteiger partial charge in [0.15, 0.2) is 0 Å². The summed E-state index contributed by atoms with van der Waals surface area (Å²) in [4.78, 5) is 15.1. The zero-order valence-corrected chi connectivity index (χ0v) is 9.24. The highest BCUT2D eigenvalue weighted by Crippen LogP contribution is 2.36. The van der Waals surface area contributed by atoms with Crippen LogP contribution in [-0.4, -0.2) is 17.4 Å². The molecule has 0 radical (unpaired) electrons. The maximum atomic E-state index is 12.8. The van der Waals surface area contributed by atoms with Crippen LogP contribution in [0.4, 0.5) is 4.39 Å². The van der Waals surface area contributed by atoms with Crippen molar-refractivity contribution < 1.29 is 9.18 Å². The van der Waals surface area contributed by atoms with E-state index in [2.05, 4.69) is 17.2 Å². The molecule has 86 valence electrons. The van der Waals surface area contributed by atoms with Crippen LogP contribution in [0.1, 0.15) is 30.3 Å². The molecule has 1 amide bonds. The molecular formula is C12H15FN2O. The summed E-state index contributed by atoms with van der Waals surface area (Å²) in [6.45, 7) is 2.76. The average molecular weight is 222 g/mol. The quantitative estimate of drug-likeness (QED) is 0.792. The Bertz CT molecular complexity index is 390. The Kier molecular flexibility index (Phi) is 3.17. The lowest BCUT2D eigenvalue weighted by molar-refractivity contribution is 0.0940. The molecule has 4 heteroatoms. The van der Waals surface area contributed by atoms with Crippen molar-refractivity contribution in [1.29, 1.82) is 0 Å². The summed E-state index contributed by atoms with van der Waals surface area (Å²) in [5.74, 6) is 0.327. The lowest BCUT2D eigenvalue weighted by Gasteiger charge is -2.10. The molecule has 1 aliphatic carbocycles. The average Bonchev–Trinajstić information content (AvgIpc) is 3.09. The fraction of sp³-hybridized carbons (Fsp3) is 0.500. The number of carbonyl (C=O) groups is 1. The van der Waals surface area contributed by atoms with E-state index in [1.165, 1.54) is 31.0 Å². The van der Waals surface area contributed by atoms with Crippen molar-refractivity contribution in [3.63, 3.8) is 0 Å². The van der Waals surface area contributed by atoms with Crippen molar-refractivity contribution in [2.24, 2.45) is 11.8 Å². The van der Waals surface area contributed by atoms with Gasteiger partial charge >= 0.3 is 0 Å². The van der Waals surface area contributed by atoms with Crippen molar-refractivity contribution >= 4 is 5.91 Å². The van der Waals surface area contributed by atoms with Gasteiger partial charge in [-0.15, -0.1) is 0 Å². The van der Waals surface area contributed by atoms with Crippen molar-refractivity contribution in [3.05, 3.63) is 29.8 Å². The van der Waals surface area contributed by atoms with Crippen LogP contribution in [0.2, 0.25) is 0 Å². The van der Waals surface area contributed by atoms with Crippen LogP contribution in [0.5, 0.6) is 0 Å². The van der Waals surface area contributed by atoms with Gasteiger partial charge in [-0.2, -0.15) is 4.39 Å². The number of nitrogens with one attached hydrogen (secondary N) is 1. The highest BCUT2D eigenvalue weighted by Gasteiger charge is 2.27. The number of aromatic nitrogens is 1. The highest BCUT2D eigenvalue weighted by atomic mass is 19.1. The van der Waals surface area contributed by atoms with Crippen LogP contribution in [-0.2, 0) is 0 Å². The number of nitrogens with zero attached hydrogens (tertiary/aromatic N) is 1. The normalized spacial score (nSPS) is 16.9. The van der Waals surface area contributed by atoms with Crippen LogP contribution < -0.4 is 5.32 Å². The summed E-state index contributed by atoms with van der Waals surface area (Å²) in [7, 11) is 0. The summed E-state index contributed by atoms with van der Waals surface area (Å²) in [6, 6.07) is 4.23. The minimum Gasteiger partial charge on any atom is -0.350 e. The molecule has 0 aromatic carbocycles. The first-order chi connectivity index (χ1) is 7.66. The Morgan fingerprint density at radius 3 is 3.00 bits per heavy atom. The molecule has 1 saturated carbocycles. The second kappa shape index (κ2) is 4.60. The summed E-state index contributed by atoms with van der Waals surface area (Å²) >= 11 is 0.